The number of fused-ring (bicyclic) bond motifs is 1. The molecule has 0 aliphatic carbocycles. The summed E-state index contributed by atoms with van der Waals surface area (Å²) in [7, 11) is 0. The summed E-state index contributed by atoms with van der Waals surface area (Å²) in [4.78, 5) is 31.5. The van der Waals surface area contributed by atoms with Gasteiger partial charge in [0.1, 0.15) is 11.4 Å². The van der Waals surface area contributed by atoms with Gasteiger partial charge in [-0.25, -0.2) is 10.4 Å². The van der Waals surface area contributed by atoms with Crippen molar-refractivity contribution in [1.82, 2.24) is 15.0 Å². The summed E-state index contributed by atoms with van der Waals surface area (Å²) >= 11 is 1.48. The number of nitrogens with one attached hydrogen (secondary N) is 1. The molecule has 2 heterocycles. The minimum Gasteiger partial charge on any atom is -0.289 e. The van der Waals surface area contributed by atoms with Crippen molar-refractivity contribution in [2.75, 3.05) is 0 Å². The van der Waals surface area contributed by atoms with Gasteiger partial charge in [0.05, 0.1) is 17.9 Å². The normalized spacial score (nSPS) is 11.3. The largest absolute Gasteiger partial charge is 0.289 e. The van der Waals surface area contributed by atoms with Gasteiger partial charge in [-0.3, -0.25) is 14.2 Å². The number of hydrazone groups is 1. The fourth-order valence-corrected chi connectivity index (χ4v) is 4.23. The first kappa shape index (κ1) is 19.7. The molecule has 0 bridgehead atoms. The molecule has 0 saturated carbocycles. The number of nitrogens with zero attached hydrogens (tertiary/aromatic N) is 3. The van der Waals surface area contributed by atoms with Gasteiger partial charge in [0.25, 0.3) is 11.5 Å². The molecule has 4 aromatic rings. The fourth-order valence-electron chi connectivity index (χ4n) is 3.22. The molecule has 0 radical (unpaired) electrons. The molecule has 6 nitrogen and oxygen atoms in total. The number of hydrogen-bond donors (Lipinski definition) is 1. The number of carbonyl (C=O) groups excluding carboxylic acids is 1. The highest BCUT2D eigenvalue weighted by atomic mass is 32.1. The van der Waals surface area contributed by atoms with Crippen LogP contribution in [0, 0.1) is 13.8 Å². The molecule has 0 aliphatic heterocycles. The van der Waals surface area contributed by atoms with Crippen molar-refractivity contribution in [2.45, 2.75) is 20.4 Å². The average Bonchev–Trinajstić information content (AvgIpc) is 3.09. The molecule has 0 aliphatic rings. The summed E-state index contributed by atoms with van der Waals surface area (Å²) < 4.78 is 1.32. The highest BCUT2D eigenvalue weighted by molar-refractivity contribution is 7.19. The zero-order chi connectivity index (χ0) is 21.1. The van der Waals surface area contributed by atoms with Crippen LogP contribution in [0.2, 0.25) is 0 Å². The molecule has 2 aromatic heterocycles. The van der Waals surface area contributed by atoms with Gasteiger partial charge in [-0.2, -0.15) is 5.10 Å². The van der Waals surface area contributed by atoms with Crippen LogP contribution < -0.4 is 11.0 Å². The number of amides is 1. The number of aryl methyl sites for hydroxylation is 2. The zero-order valence-electron chi connectivity index (χ0n) is 16.6. The summed E-state index contributed by atoms with van der Waals surface area (Å²) in [6.45, 7) is 3.82. The van der Waals surface area contributed by atoms with Crippen molar-refractivity contribution >= 4 is 33.7 Å². The van der Waals surface area contributed by atoms with Gasteiger partial charge in [-0.1, -0.05) is 60.2 Å². The standard InChI is InChI=1S/C23H20N4O2S/c1-15-8-10-17(11-9-15)12-25-26-19(28)13-27-14-24-22-21(23(27)29)20(16(2)30-22)18-6-4-3-5-7-18/h3-12,14H,13H2,1-2H3,(H,26,28)/b25-12-. The highest BCUT2D eigenvalue weighted by Gasteiger charge is 2.17. The summed E-state index contributed by atoms with van der Waals surface area (Å²) in [6, 6.07) is 17.5. The fraction of sp³-hybridized carbons (Fsp3) is 0.130. The maximum atomic E-state index is 13.1. The lowest BCUT2D eigenvalue weighted by Crippen LogP contribution is -2.30. The van der Waals surface area contributed by atoms with Gasteiger partial charge in [-0.05, 0) is 25.0 Å². The van der Waals surface area contributed by atoms with E-state index in [-0.39, 0.29) is 12.1 Å². The van der Waals surface area contributed by atoms with Crippen LogP contribution in [0.3, 0.4) is 0 Å². The second-order valence-corrected chi connectivity index (χ2v) is 8.16. The number of aromatic nitrogens is 2. The average molecular weight is 417 g/mol. The second-order valence-electron chi connectivity index (χ2n) is 6.96. The lowest BCUT2D eigenvalue weighted by Gasteiger charge is -2.06. The van der Waals surface area contributed by atoms with E-state index in [1.54, 1.807) is 6.21 Å². The van der Waals surface area contributed by atoms with Gasteiger partial charge in [0, 0.05) is 10.4 Å². The first-order valence-corrected chi connectivity index (χ1v) is 10.3. The van der Waals surface area contributed by atoms with Crippen LogP contribution >= 0.6 is 11.3 Å². The molecule has 7 heteroatoms. The van der Waals surface area contributed by atoms with Gasteiger partial charge in [0.2, 0.25) is 0 Å². The first-order valence-electron chi connectivity index (χ1n) is 9.45. The first-order chi connectivity index (χ1) is 14.5. The molecule has 1 amide bonds. The SMILES string of the molecule is Cc1ccc(/C=N\NC(=O)Cn2cnc3sc(C)c(-c4ccccc4)c3c2=O)cc1. The van der Waals surface area contributed by atoms with Gasteiger partial charge >= 0.3 is 0 Å². The smallest absolute Gasteiger partial charge is 0.263 e. The maximum absolute atomic E-state index is 13.1. The minimum atomic E-state index is -0.394. The Hall–Kier alpha value is -3.58. The molecule has 0 spiro atoms. The van der Waals surface area contributed by atoms with E-state index in [9.17, 15) is 9.59 Å². The molecular formula is C23H20N4O2S. The Labute approximate surface area is 177 Å². The number of thiophene rings is 1. The van der Waals surface area contributed by atoms with Gasteiger partial charge < -0.3 is 0 Å². The Morgan fingerprint density at radius 2 is 1.87 bits per heavy atom. The molecule has 30 heavy (non-hydrogen) atoms. The van der Waals surface area contributed by atoms with Crippen LogP contribution in [0.4, 0.5) is 0 Å². The molecule has 1 N–H and O–H groups in total. The van der Waals surface area contributed by atoms with E-state index in [2.05, 4.69) is 15.5 Å². The summed E-state index contributed by atoms with van der Waals surface area (Å²) in [5, 5.41) is 4.51. The van der Waals surface area contributed by atoms with Crippen LogP contribution in [0.25, 0.3) is 21.3 Å². The summed E-state index contributed by atoms with van der Waals surface area (Å²) in [5.41, 5.74) is 6.10. The van der Waals surface area contributed by atoms with E-state index in [1.807, 2.05) is 68.4 Å². The number of rotatable bonds is 5. The van der Waals surface area contributed by atoms with E-state index in [0.717, 1.165) is 27.1 Å². The molecular weight excluding hydrogens is 396 g/mol. The van der Waals surface area contributed by atoms with E-state index >= 15 is 0 Å². The molecule has 0 saturated heterocycles. The van der Waals surface area contributed by atoms with Crippen molar-refractivity contribution in [2.24, 2.45) is 5.10 Å². The van der Waals surface area contributed by atoms with Crippen LogP contribution in [0.15, 0.2) is 70.8 Å². The lowest BCUT2D eigenvalue weighted by molar-refractivity contribution is -0.121. The van der Waals surface area contributed by atoms with Crippen LogP contribution in [0.5, 0.6) is 0 Å². The third kappa shape index (κ3) is 4.06. The van der Waals surface area contributed by atoms with E-state index in [0.29, 0.717) is 10.2 Å². The van der Waals surface area contributed by atoms with Crippen molar-refractivity contribution in [3.8, 4) is 11.1 Å². The van der Waals surface area contributed by atoms with Crippen LogP contribution in [-0.4, -0.2) is 21.7 Å². The Morgan fingerprint density at radius 1 is 1.13 bits per heavy atom. The quantitative estimate of drug-likeness (QED) is 0.396. The number of carbonyl (C=O) groups is 1. The number of hydrogen-bond acceptors (Lipinski definition) is 5. The van der Waals surface area contributed by atoms with Crippen LogP contribution in [-0.2, 0) is 11.3 Å². The Morgan fingerprint density at radius 3 is 2.60 bits per heavy atom. The Balaban J connectivity index is 1.57. The molecule has 150 valence electrons. The maximum Gasteiger partial charge on any atom is 0.263 e. The molecule has 0 atom stereocenters. The third-order valence-electron chi connectivity index (χ3n) is 4.71. The van der Waals surface area contributed by atoms with Crippen molar-refractivity contribution < 1.29 is 4.79 Å². The van der Waals surface area contributed by atoms with E-state index in [4.69, 9.17) is 0 Å². The summed E-state index contributed by atoms with van der Waals surface area (Å²) in [6.07, 6.45) is 2.98. The Bertz CT molecular complexity index is 1290. The zero-order valence-corrected chi connectivity index (χ0v) is 17.4. The summed E-state index contributed by atoms with van der Waals surface area (Å²) in [5.74, 6) is -0.394. The van der Waals surface area contributed by atoms with E-state index in [1.165, 1.54) is 22.2 Å². The second kappa shape index (κ2) is 8.42. The predicted octanol–water partition coefficient (Wildman–Crippen LogP) is 3.89. The third-order valence-corrected chi connectivity index (χ3v) is 5.72. The molecule has 2 aromatic carbocycles. The lowest BCUT2D eigenvalue weighted by atomic mass is 10.0. The monoisotopic (exact) mass is 416 g/mol. The van der Waals surface area contributed by atoms with Gasteiger partial charge in [-0.15, -0.1) is 11.3 Å². The van der Waals surface area contributed by atoms with Crippen molar-refractivity contribution in [1.29, 1.82) is 0 Å². The van der Waals surface area contributed by atoms with Gasteiger partial charge in [0.15, 0.2) is 0 Å². The van der Waals surface area contributed by atoms with Crippen molar-refractivity contribution in [3.63, 3.8) is 0 Å². The minimum absolute atomic E-state index is 0.157. The van der Waals surface area contributed by atoms with Crippen molar-refractivity contribution in [3.05, 3.63) is 87.3 Å². The predicted molar refractivity (Wildman–Crippen MR) is 121 cm³/mol. The molecule has 0 fully saturated rings. The highest BCUT2D eigenvalue weighted by Crippen LogP contribution is 2.35. The van der Waals surface area contributed by atoms with Crippen LogP contribution in [0.1, 0.15) is 16.0 Å². The molecule has 4 rings (SSSR count). The van der Waals surface area contributed by atoms with E-state index < -0.39 is 5.91 Å². The topological polar surface area (TPSA) is 76.3 Å². The Kier molecular flexibility index (Phi) is 5.54. The molecule has 0 unspecified atom stereocenters. The number of benzene rings is 2.